The first kappa shape index (κ1) is 16.9. The average molecular weight is 366 g/mol. The molecule has 3 aromatic rings. The topological polar surface area (TPSA) is 46.1 Å². The van der Waals surface area contributed by atoms with Gasteiger partial charge in [-0.2, -0.15) is 0 Å². The van der Waals surface area contributed by atoms with Gasteiger partial charge in [0.05, 0.1) is 0 Å². The van der Waals surface area contributed by atoms with E-state index in [1.54, 1.807) is 0 Å². The van der Waals surface area contributed by atoms with Crippen LogP contribution < -0.4 is 10.6 Å². The lowest BCUT2D eigenvalue weighted by molar-refractivity contribution is 0.251. The second kappa shape index (κ2) is 7.38. The van der Waals surface area contributed by atoms with E-state index in [9.17, 15) is 4.79 Å². The van der Waals surface area contributed by atoms with E-state index in [1.807, 2.05) is 54.7 Å². The lowest BCUT2D eigenvalue weighted by Crippen LogP contribution is -2.28. The Labute approximate surface area is 157 Å². The van der Waals surface area contributed by atoms with Crippen molar-refractivity contribution in [1.29, 1.82) is 0 Å². The second-order valence-corrected chi connectivity index (χ2v) is 7.84. The molecule has 4 nitrogen and oxygen atoms in total. The van der Waals surface area contributed by atoms with Gasteiger partial charge in [0.25, 0.3) is 0 Å². The molecule has 5 heteroatoms. The average Bonchev–Trinajstić information content (AvgIpc) is 3.29. The van der Waals surface area contributed by atoms with Crippen molar-refractivity contribution in [2.45, 2.75) is 39.2 Å². The Kier molecular flexibility index (Phi) is 4.80. The van der Waals surface area contributed by atoms with Crippen LogP contribution in [0.25, 0.3) is 5.00 Å². The van der Waals surface area contributed by atoms with E-state index in [0.717, 1.165) is 18.5 Å². The van der Waals surface area contributed by atoms with Crippen LogP contribution in [-0.4, -0.2) is 10.6 Å². The van der Waals surface area contributed by atoms with Gasteiger partial charge in [0.15, 0.2) is 0 Å². The van der Waals surface area contributed by atoms with E-state index in [0.29, 0.717) is 6.54 Å². The van der Waals surface area contributed by atoms with Gasteiger partial charge >= 0.3 is 6.03 Å². The number of aromatic nitrogens is 1. The molecule has 0 saturated heterocycles. The summed E-state index contributed by atoms with van der Waals surface area (Å²) < 4.78 is 2.16. The number of amides is 2. The van der Waals surface area contributed by atoms with Crippen LogP contribution in [-0.2, 0) is 19.4 Å². The zero-order valence-corrected chi connectivity index (χ0v) is 15.7. The monoisotopic (exact) mass is 365 g/mol. The van der Waals surface area contributed by atoms with E-state index < -0.39 is 0 Å². The van der Waals surface area contributed by atoms with Crippen LogP contribution >= 0.6 is 11.3 Å². The van der Waals surface area contributed by atoms with E-state index in [-0.39, 0.29) is 6.03 Å². The molecule has 0 fully saturated rings. The van der Waals surface area contributed by atoms with Crippen LogP contribution in [0.1, 0.15) is 34.4 Å². The molecular weight excluding hydrogens is 342 g/mol. The summed E-state index contributed by atoms with van der Waals surface area (Å²) in [5.74, 6) is 0. The summed E-state index contributed by atoms with van der Waals surface area (Å²) in [4.78, 5) is 13.8. The first-order valence-corrected chi connectivity index (χ1v) is 9.90. The highest BCUT2D eigenvalue weighted by Crippen LogP contribution is 2.36. The molecular formula is C21H23N3OS. The maximum atomic E-state index is 12.3. The lowest BCUT2D eigenvalue weighted by Gasteiger charge is -2.14. The van der Waals surface area contributed by atoms with Gasteiger partial charge in [-0.1, -0.05) is 17.7 Å². The van der Waals surface area contributed by atoms with Crippen LogP contribution in [0.4, 0.5) is 10.5 Å². The fourth-order valence-electron chi connectivity index (χ4n) is 3.46. The zero-order valence-electron chi connectivity index (χ0n) is 14.9. The van der Waals surface area contributed by atoms with Crippen LogP contribution in [0, 0.1) is 6.92 Å². The van der Waals surface area contributed by atoms with Crippen LogP contribution in [0.5, 0.6) is 0 Å². The molecule has 0 unspecified atom stereocenters. The van der Waals surface area contributed by atoms with Crippen LogP contribution in [0.3, 0.4) is 0 Å². The van der Waals surface area contributed by atoms with Crippen LogP contribution in [0.15, 0.2) is 48.8 Å². The summed E-state index contributed by atoms with van der Waals surface area (Å²) in [6, 6.07) is 11.8. The molecule has 2 heterocycles. The van der Waals surface area contributed by atoms with Crippen molar-refractivity contribution >= 4 is 23.1 Å². The fraction of sp³-hybridized carbons (Fsp3) is 0.286. The highest BCUT2D eigenvalue weighted by Gasteiger charge is 2.21. The van der Waals surface area contributed by atoms with Gasteiger partial charge in [-0.05, 0) is 62.4 Å². The third kappa shape index (κ3) is 3.53. The number of rotatable bonds is 4. The molecule has 0 saturated carbocycles. The Morgan fingerprint density at radius 3 is 2.62 bits per heavy atom. The first-order valence-electron chi connectivity index (χ1n) is 9.09. The minimum absolute atomic E-state index is 0.164. The number of nitrogens with one attached hydrogen (secondary N) is 2. The molecule has 2 amide bonds. The largest absolute Gasteiger partial charge is 0.334 e. The minimum Gasteiger partial charge on any atom is -0.334 e. The highest BCUT2D eigenvalue weighted by atomic mass is 32.1. The number of anilines is 1. The molecule has 4 rings (SSSR count). The Morgan fingerprint density at radius 2 is 1.85 bits per heavy atom. The number of urea groups is 1. The van der Waals surface area contributed by atoms with Crippen molar-refractivity contribution in [2.24, 2.45) is 0 Å². The molecule has 1 aliphatic carbocycles. The molecule has 2 N–H and O–H groups in total. The summed E-state index contributed by atoms with van der Waals surface area (Å²) in [6.07, 6.45) is 8.92. The van der Waals surface area contributed by atoms with Gasteiger partial charge in [0.2, 0.25) is 0 Å². The molecule has 0 bridgehead atoms. The molecule has 0 radical (unpaired) electrons. The van der Waals surface area contributed by atoms with E-state index in [4.69, 9.17) is 0 Å². The van der Waals surface area contributed by atoms with Crippen molar-refractivity contribution in [2.75, 3.05) is 5.32 Å². The normalized spacial score (nSPS) is 13.3. The molecule has 26 heavy (non-hydrogen) atoms. The van der Waals surface area contributed by atoms with E-state index in [2.05, 4.69) is 27.6 Å². The van der Waals surface area contributed by atoms with Gasteiger partial charge in [0, 0.05) is 35.1 Å². The number of aryl methyl sites for hydroxylation is 2. The molecule has 1 aromatic carbocycles. The molecule has 134 valence electrons. The molecule has 0 spiro atoms. The number of hydrogen-bond donors (Lipinski definition) is 2. The van der Waals surface area contributed by atoms with Crippen molar-refractivity contribution in [3.63, 3.8) is 0 Å². The standard InChI is InChI=1S/C21H23N3OS/c1-15-8-10-16(11-9-15)23-21(25)22-14-18-17-6-2-3-7-19(17)26-20(18)24-12-4-5-13-24/h4-5,8-13H,2-3,6-7,14H2,1H3,(H2,22,23,25). The number of thiophene rings is 1. The summed E-state index contributed by atoms with van der Waals surface area (Å²) in [5.41, 5.74) is 4.70. The number of carbonyl (C=O) groups is 1. The van der Waals surface area contributed by atoms with Gasteiger partial charge in [0.1, 0.15) is 5.00 Å². The first-order chi connectivity index (χ1) is 12.7. The minimum atomic E-state index is -0.164. The van der Waals surface area contributed by atoms with Gasteiger partial charge in [-0.3, -0.25) is 0 Å². The van der Waals surface area contributed by atoms with Gasteiger partial charge < -0.3 is 15.2 Å². The van der Waals surface area contributed by atoms with Crippen LogP contribution in [0.2, 0.25) is 0 Å². The number of hydrogen-bond acceptors (Lipinski definition) is 2. The number of carbonyl (C=O) groups excluding carboxylic acids is 1. The maximum absolute atomic E-state index is 12.3. The quantitative estimate of drug-likeness (QED) is 0.668. The Balaban J connectivity index is 1.51. The summed E-state index contributed by atoms with van der Waals surface area (Å²) in [6.45, 7) is 2.59. The summed E-state index contributed by atoms with van der Waals surface area (Å²) in [5, 5.41) is 7.19. The van der Waals surface area contributed by atoms with Gasteiger partial charge in [-0.25, -0.2) is 4.79 Å². The molecule has 2 aromatic heterocycles. The van der Waals surface area contributed by atoms with E-state index >= 15 is 0 Å². The number of nitrogens with zero attached hydrogens (tertiary/aromatic N) is 1. The Hall–Kier alpha value is -2.53. The SMILES string of the molecule is Cc1ccc(NC(=O)NCc2c(-n3cccc3)sc3c2CCCC3)cc1. The number of benzene rings is 1. The Morgan fingerprint density at radius 1 is 1.12 bits per heavy atom. The van der Waals surface area contributed by atoms with Gasteiger partial charge in [-0.15, -0.1) is 11.3 Å². The lowest BCUT2D eigenvalue weighted by atomic mass is 9.95. The summed E-state index contributed by atoms with van der Waals surface area (Å²) >= 11 is 1.87. The van der Waals surface area contributed by atoms with Crippen molar-refractivity contribution in [3.05, 3.63) is 70.4 Å². The Bertz CT molecular complexity index is 894. The highest BCUT2D eigenvalue weighted by molar-refractivity contribution is 7.14. The molecule has 0 aliphatic heterocycles. The second-order valence-electron chi connectivity index (χ2n) is 6.76. The van der Waals surface area contributed by atoms with Crippen molar-refractivity contribution < 1.29 is 4.79 Å². The third-order valence-corrected chi connectivity index (χ3v) is 6.18. The van der Waals surface area contributed by atoms with Crippen molar-refractivity contribution in [1.82, 2.24) is 9.88 Å². The maximum Gasteiger partial charge on any atom is 0.319 e. The summed E-state index contributed by atoms with van der Waals surface area (Å²) in [7, 11) is 0. The molecule has 1 aliphatic rings. The smallest absolute Gasteiger partial charge is 0.319 e. The van der Waals surface area contributed by atoms with E-state index in [1.165, 1.54) is 39.4 Å². The fourth-order valence-corrected chi connectivity index (χ4v) is 4.83. The zero-order chi connectivity index (χ0) is 17.9. The predicted molar refractivity (Wildman–Crippen MR) is 107 cm³/mol. The molecule has 0 atom stereocenters. The number of fused-ring (bicyclic) bond motifs is 1. The third-order valence-electron chi connectivity index (χ3n) is 4.83. The van der Waals surface area contributed by atoms with Crippen molar-refractivity contribution in [3.8, 4) is 5.00 Å². The predicted octanol–water partition coefficient (Wildman–Crippen LogP) is 5.05.